The second-order valence-corrected chi connectivity index (χ2v) is 9.88. The zero-order valence-electron chi connectivity index (χ0n) is 17.1. The standard InChI is InChI=1S/C20H21N7O3S/c1-12-24-15-6-5-13(8-16(15)25-12)19(28)26-7-3-4-14(10-26)18-17(31(2,29)30)9-21-20-22-11-23-27(18)20/h5-6,8-9,11,14H,3-4,7,10H2,1-2H3,(H,24,25). The van der Waals surface area contributed by atoms with Gasteiger partial charge in [-0.2, -0.15) is 14.6 Å². The molecule has 31 heavy (non-hydrogen) atoms. The SMILES string of the molecule is Cc1nc2ccc(C(=O)N3CCCC(c4c(S(C)(=O)=O)cnc5ncnn45)C3)cc2[nH]1. The Labute approximate surface area is 178 Å². The van der Waals surface area contributed by atoms with Crippen molar-refractivity contribution in [3.8, 4) is 0 Å². The molecule has 0 bridgehead atoms. The molecule has 1 aliphatic rings. The topological polar surface area (TPSA) is 126 Å². The van der Waals surface area contributed by atoms with Gasteiger partial charge in [-0.1, -0.05) is 0 Å². The first kappa shape index (κ1) is 19.6. The minimum Gasteiger partial charge on any atom is -0.342 e. The zero-order valence-corrected chi connectivity index (χ0v) is 17.9. The number of aryl methyl sites for hydroxylation is 1. The molecule has 0 radical (unpaired) electrons. The van der Waals surface area contributed by atoms with E-state index in [9.17, 15) is 13.2 Å². The molecule has 5 rings (SSSR count). The van der Waals surface area contributed by atoms with Crippen LogP contribution in [-0.4, -0.2) is 68.1 Å². The van der Waals surface area contributed by atoms with Gasteiger partial charge in [0.2, 0.25) is 0 Å². The third-order valence-corrected chi connectivity index (χ3v) is 6.76. The third-order valence-electron chi connectivity index (χ3n) is 5.65. The van der Waals surface area contributed by atoms with Crippen LogP contribution in [0.1, 0.15) is 40.6 Å². The van der Waals surface area contributed by atoms with Gasteiger partial charge in [-0.05, 0) is 38.0 Å². The van der Waals surface area contributed by atoms with Crippen LogP contribution in [0.25, 0.3) is 16.8 Å². The van der Waals surface area contributed by atoms with E-state index in [4.69, 9.17) is 0 Å². The number of hydrogen-bond acceptors (Lipinski definition) is 7. The van der Waals surface area contributed by atoms with Crippen molar-refractivity contribution in [3.63, 3.8) is 0 Å². The summed E-state index contributed by atoms with van der Waals surface area (Å²) in [6.07, 6.45) is 5.34. The van der Waals surface area contributed by atoms with E-state index in [-0.39, 0.29) is 16.7 Å². The molecule has 160 valence electrons. The highest BCUT2D eigenvalue weighted by Gasteiger charge is 2.31. The summed E-state index contributed by atoms with van der Waals surface area (Å²) in [7, 11) is -3.53. The predicted octanol–water partition coefficient (Wildman–Crippen LogP) is 1.73. The molecule has 1 fully saturated rings. The molecule has 1 saturated heterocycles. The largest absolute Gasteiger partial charge is 0.342 e. The summed E-state index contributed by atoms with van der Waals surface area (Å²) in [5.41, 5.74) is 2.73. The van der Waals surface area contributed by atoms with E-state index >= 15 is 0 Å². The van der Waals surface area contributed by atoms with Crippen LogP contribution in [0.4, 0.5) is 0 Å². The Morgan fingerprint density at radius 1 is 1.26 bits per heavy atom. The molecular formula is C20H21N7O3S. The Morgan fingerprint density at radius 2 is 2.10 bits per heavy atom. The summed E-state index contributed by atoms with van der Waals surface area (Å²) in [4.78, 5) is 30.9. The second-order valence-electron chi connectivity index (χ2n) is 7.90. The summed E-state index contributed by atoms with van der Waals surface area (Å²) in [6.45, 7) is 2.87. The highest BCUT2D eigenvalue weighted by Crippen LogP contribution is 2.32. The Hall–Kier alpha value is -3.34. The van der Waals surface area contributed by atoms with Crippen molar-refractivity contribution in [1.29, 1.82) is 0 Å². The number of H-pyrrole nitrogens is 1. The number of rotatable bonds is 3. The van der Waals surface area contributed by atoms with E-state index in [0.717, 1.165) is 36.0 Å². The number of nitrogens with one attached hydrogen (secondary N) is 1. The molecule has 10 nitrogen and oxygen atoms in total. The summed E-state index contributed by atoms with van der Waals surface area (Å²) in [6, 6.07) is 5.42. The number of carbonyl (C=O) groups is 1. The van der Waals surface area contributed by atoms with Crippen molar-refractivity contribution >= 4 is 32.6 Å². The molecule has 1 atom stereocenters. The van der Waals surface area contributed by atoms with Crippen LogP contribution in [0.15, 0.2) is 35.6 Å². The maximum Gasteiger partial charge on any atom is 0.253 e. The monoisotopic (exact) mass is 439 g/mol. The number of hydrogen-bond donors (Lipinski definition) is 1. The van der Waals surface area contributed by atoms with Crippen LogP contribution in [0.5, 0.6) is 0 Å². The van der Waals surface area contributed by atoms with E-state index in [1.807, 2.05) is 19.1 Å². The molecule has 1 aromatic carbocycles. The second kappa shape index (κ2) is 7.12. The number of benzene rings is 1. The fraction of sp³-hybridized carbons (Fsp3) is 0.350. The fourth-order valence-corrected chi connectivity index (χ4v) is 5.15. The highest BCUT2D eigenvalue weighted by molar-refractivity contribution is 7.90. The maximum atomic E-state index is 13.2. The van der Waals surface area contributed by atoms with Crippen molar-refractivity contribution in [3.05, 3.63) is 47.8 Å². The van der Waals surface area contributed by atoms with Crippen molar-refractivity contribution in [2.45, 2.75) is 30.6 Å². The minimum atomic E-state index is -3.53. The van der Waals surface area contributed by atoms with Crippen molar-refractivity contribution in [2.75, 3.05) is 19.3 Å². The van der Waals surface area contributed by atoms with Gasteiger partial charge in [0.1, 0.15) is 17.0 Å². The Balaban J connectivity index is 1.50. The number of aromatic nitrogens is 6. The molecule has 0 aliphatic carbocycles. The van der Waals surface area contributed by atoms with Crippen LogP contribution in [0.2, 0.25) is 0 Å². The number of nitrogens with zero attached hydrogens (tertiary/aromatic N) is 6. The van der Waals surface area contributed by atoms with Gasteiger partial charge in [0.15, 0.2) is 9.84 Å². The quantitative estimate of drug-likeness (QED) is 0.515. The highest BCUT2D eigenvalue weighted by atomic mass is 32.2. The lowest BCUT2D eigenvalue weighted by Gasteiger charge is -2.33. The van der Waals surface area contributed by atoms with Crippen molar-refractivity contribution in [1.82, 2.24) is 34.4 Å². The van der Waals surface area contributed by atoms with Gasteiger partial charge in [0.25, 0.3) is 11.7 Å². The number of fused-ring (bicyclic) bond motifs is 2. The van der Waals surface area contributed by atoms with E-state index < -0.39 is 9.84 Å². The van der Waals surface area contributed by atoms with Crippen LogP contribution in [-0.2, 0) is 9.84 Å². The summed E-state index contributed by atoms with van der Waals surface area (Å²) in [5, 5.41) is 4.20. The molecule has 1 amide bonds. The average molecular weight is 440 g/mol. The van der Waals surface area contributed by atoms with Gasteiger partial charge in [-0.15, -0.1) is 0 Å². The van der Waals surface area contributed by atoms with Crippen LogP contribution in [0.3, 0.4) is 0 Å². The van der Waals surface area contributed by atoms with E-state index in [0.29, 0.717) is 30.1 Å². The van der Waals surface area contributed by atoms with Gasteiger partial charge in [0, 0.05) is 30.8 Å². The first-order valence-electron chi connectivity index (χ1n) is 9.95. The molecule has 4 aromatic rings. The van der Waals surface area contributed by atoms with Gasteiger partial charge in [0.05, 0.1) is 22.9 Å². The molecule has 0 saturated carbocycles. The van der Waals surface area contributed by atoms with E-state index in [1.54, 1.807) is 11.0 Å². The van der Waals surface area contributed by atoms with Gasteiger partial charge >= 0.3 is 0 Å². The first-order chi connectivity index (χ1) is 14.8. The predicted molar refractivity (Wildman–Crippen MR) is 113 cm³/mol. The molecule has 1 N–H and O–H groups in total. The third kappa shape index (κ3) is 3.44. The number of aromatic amines is 1. The van der Waals surface area contributed by atoms with Crippen LogP contribution >= 0.6 is 0 Å². The summed E-state index contributed by atoms with van der Waals surface area (Å²) in [5.74, 6) is 0.836. The zero-order chi connectivity index (χ0) is 21.8. The normalized spacial score (nSPS) is 17.5. The lowest BCUT2D eigenvalue weighted by atomic mass is 9.94. The molecule has 0 spiro atoms. The number of imidazole rings is 1. The van der Waals surface area contributed by atoms with Crippen LogP contribution in [0, 0.1) is 6.92 Å². The molecule has 3 aromatic heterocycles. The molecular weight excluding hydrogens is 418 g/mol. The number of amides is 1. The molecule has 11 heteroatoms. The van der Waals surface area contributed by atoms with E-state index in [1.165, 1.54) is 17.0 Å². The number of likely N-dealkylation sites (tertiary alicyclic amines) is 1. The minimum absolute atomic E-state index is 0.0938. The Bertz CT molecular complexity index is 1420. The molecule has 1 unspecified atom stereocenters. The summed E-state index contributed by atoms with van der Waals surface area (Å²) < 4.78 is 26.3. The number of sulfone groups is 1. The Morgan fingerprint density at radius 3 is 2.90 bits per heavy atom. The number of piperidine rings is 1. The van der Waals surface area contributed by atoms with Gasteiger partial charge in [-0.25, -0.2) is 18.4 Å². The lowest BCUT2D eigenvalue weighted by Crippen LogP contribution is -2.40. The average Bonchev–Trinajstić information content (AvgIpc) is 3.36. The van der Waals surface area contributed by atoms with Gasteiger partial charge < -0.3 is 9.88 Å². The van der Waals surface area contributed by atoms with Crippen molar-refractivity contribution < 1.29 is 13.2 Å². The molecule has 1 aliphatic heterocycles. The van der Waals surface area contributed by atoms with E-state index in [2.05, 4.69) is 25.0 Å². The lowest BCUT2D eigenvalue weighted by molar-refractivity contribution is 0.0704. The Kier molecular flexibility index (Phi) is 4.50. The van der Waals surface area contributed by atoms with Gasteiger partial charge in [-0.3, -0.25) is 4.79 Å². The smallest absolute Gasteiger partial charge is 0.253 e. The first-order valence-corrected chi connectivity index (χ1v) is 11.8. The maximum absolute atomic E-state index is 13.2. The summed E-state index contributed by atoms with van der Waals surface area (Å²) >= 11 is 0. The van der Waals surface area contributed by atoms with Crippen LogP contribution < -0.4 is 0 Å². The molecule has 4 heterocycles. The number of carbonyl (C=O) groups excluding carboxylic acids is 1. The van der Waals surface area contributed by atoms with Crippen molar-refractivity contribution in [2.24, 2.45) is 0 Å². The fourth-order valence-electron chi connectivity index (χ4n) is 4.28.